The van der Waals surface area contributed by atoms with Gasteiger partial charge in [0, 0.05) is 18.5 Å². The van der Waals surface area contributed by atoms with Gasteiger partial charge in [0.15, 0.2) is 6.10 Å². The smallest absolute Gasteiger partial charge is 0.261 e. The molecule has 1 N–H and O–H groups in total. The predicted molar refractivity (Wildman–Crippen MR) is 92.9 cm³/mol. The molecule has 2 heterocycles. The second-order valence-corrected chi connectivity index (χ2v) is 6.27. The average Bonchev–Trinajstić information content (AvgIpc) is 2.80. The number of nitrogens with one attached hydrogen (secondary N) is 1. The second kappa shape index (κ2) is 8.05. The maximum absolute atomic E-state index is 11.9. The Hall–Kier alpha value is -2.50. The maximum atomic E-state index is 11.9. The van der Waals surface area contributed by atoms with Crippen LogP contribution in [-0.2, 0) is 11.2 Å². The Bertz CT molecular complexity index is 689. The zero-order valence-electron chi connectivity index (χ0n) is 14.7. The summed E-state index contributed by atoms with van der Waals surface area (Å²) in [5.41, 5.74) is 2.01. The van der Waals surface area contributed by atoms with Crippen molar-refractivity contribution in [2.75, 3.05) is 13.2 Å². The van der Waals surface area contributed by atoms with Crippen molar-refractivity contribution in [3.63, 3.8) is 0 Å². The second-order valence-electron chi connectivity index (χ2n) is 6.27. The van der Waals surface area contributed by atoms with Crippen molar-refractivity contribution in [1.82, 2.24) is 10.5 Å². The molecule has 6 heteroatoms. The van der Waals surface area contributed by atoms with E-state index in [1.807, 2.05) is 38.1 Å². The van der Waals surface area contributed by atoms with E-state index >= 15 is 0 Å². The average molecular weight is 344 g/mol. The summed E-state index contributed by atoms with van der Waals surface area (Å²) in [7, 11) is 0. The molecule has 3 rings (SSSR count). The lowest BCUT2D eigenvalue weighted by atomic mass is 10.1. The minimum absolute atomic E-state index is 0.0303. The van der Waals surface area contributed by atoms with E-state index in [0.29, 0.717) is 12.4 Å². The molecule has 1 amide bonds. The van der Waals surface area contributed by atoms with Gasteiger partial charge in [0.2, 0.25) is 0 Å². The molecule has 1 aromatic heterocycles. The largest absolute Gasteiger partial charge is 0.493 e. The van der Waals surface area contributed by atoms with Gasteiger partial charge in [-0.3, -0.25) is 4.79 Å². The Labute approximate surface area is 147 Å². The monoisotopic (exact) mass is 344 g/mol. The Morgan fingerprint density at radius 2 is 1.96 bits per heavy atom. The fraction of sp³-hybridized carbons (Fsp3) is 0.474. The molecule has 1 aliphatic rings. The minimum Gasteiger partial charge on any atom is -0.493 e. The number of carbonyl (C=O) groups is 1. The number of amides is 1. The summed E-state index contributed by atoms with van der Waals surface area (Å²) in [4.78, 5) is 11.9. The van der Waals surface area contributed by atoms with Crippen LogP contribution < -0.4 is 14.8 Å². The predicted octanol–water partition coefficient (Wildman–Crippen LogP) is 2.96. The van der Waals surface area contributed by atoms with Crippen molar-refractivity contribution >= 4 is 5.91 Å². The van der Waals surface area contributed by atoms with Crippen molar-refractivity contribution in [3.05, 3.63) is 41.3 Å². The Morgan fingerprint density at radius 1 is 1.20 bits per heavy atom. The number of aryl methyl sites for hydroxylation is 2. The van der Waals surface area contributed by atoms with Crippen LogP contribution in [-0.4, -0.2) is 30.3 Å². The standard InChI is InChI=1S/C19H24N2O4/c1-13-17(14(2)25-21-13)10-12-23-15-6-8-16(9-7-15)24-18-5-3-4-11-20-19(18)22/h6-9,18H,3-5,10-12H2,1-2H3,(H,20,22)/t18-/m1/s1. The highest BCUT2D eigenvalue weighted by molar-refractivity contribution is 5.81. The van der Waals surface area contributed by atoms with Crippen molar-refractivity contribution in [1.29, 1.82) is 0 Å². The van der Waals surface area contributed by atoms with Crippen LogP contribution in [0.25, 0.3) is 0 Å². The van der Waals surface area contributed by atoms with Crippen LogP contribution in [0, 0.1) is 13.8 Å². The van der Waals surface area contributed by atoms with E-state index in [1.54, 1.807) is 0 Å². The van der Waals surface area contributed by atoms with Crippen LogP contribution in [0.4, 0.5) is 0 Å². The third kappa shape index (κ3) is 4.53. The molecule has 6 nitrogen and oxygen atoms in total. The van der Waals surface area contributed by atoms with Crippen LogP contribution in [0.1, 0.15) is 36.3 Å². The molecule has 1 atom stereocenters. The van der Waals surface area contributed by atoms with Crippen LogP contribution in [0.3, 0.4) is 0 Å². The lowest BCUT2D eigenvalue weighted by Crippen LogP contribution is -2.36. The number of rotatable bonds is 6. The van der Waals surface area contributed by atoms with Crippen LogP contribution in [0.2, 0.25) is 0 Å². The Kier molecular flexibility index (Phi) is 5.58. The topological polar surface area (TPSA) is 73.6 Å². The third-order valence-electron chi connectivity index (χ3n) is 4.39. The molecule has 0 radical (unpaired) electrons. The molecule has 0 aliphatic carbocycles. The normalized spacial score (nSPS) is 17.7. The number of carbonyl (C=O) groups excluding carboxylic acids is 1. The lowest BCUT2D eigenvalue weighted by Gasteiger charge is -2.16. The summed E-state index contributed by atoms with van der Waals surface area (Å²) in [6, 6.07) is 7.39. The van der Waals surface area contributed by atoms with Crippen molar-refractivity contribution < 1.29 is 18.8 Å². The van der Waals surface area contributed by atoms with Gasteiger partial charge >= 0.3 is 0 Å². The van der Waals surface area contributed by atoms with E-state index in [-0.39, 0.29) is 5.91 Å². The molecule has 1 fully saturated rings. The first kappa shape index (κ1) is 17.3. The van der Waals surface area contributed by atoms with Gasteiger partial charge in [-0.15, -0.1) is 0 Å². The highest BCUT2D eigenvalue weighted by Crippen LogP contribution is 2.21. The van der Waals surface area contributed by atoms with Crippen LogP contribution in [0.15, 0.2) is 28.8 Å². The number of hydrogen-bond acceptors (Lipinski definition) is 5. The van der Waals surface area contributed by atoms with Gasteiger partial charge in [-0.1, -0.05) is 5.16 Å². The quantitative estimate of drug-likeness (QED) is 0.872. The van der Waals surface area contributed by atoms with Crippen molar-refractivity contribution in [3.8, 4) is 11.5 Å². The van der Waals surface area contributed by atoms with E-state index in [9.17, 15) is 4.79 Å². The molecule has 0 saturated carbocycles. The van der Waals surface area contributed by atoms with Gasteiger partial charge in [0.05, 0.1) is 12.3 Å². The highest BCUT2D eigenvalue weighted by Gasteiger charge is 2.22. The van der Waals surface area contributed by atoms with Gasteiger partial charge in [-0.05, 0) is 57.4 Å². The first-order valence-electron chi connectivity index (χ1n) is 8.72. The third-order valence-corrected chi connectivity index (χ3v) is 4.39. The molecule has 134 valence electrons. The summed E-state index contributed by atoms with van der Waals surface area (Å²) in [6.45, 7) is 5.12. The Balaban J connectivity index is 1.51. The summed E-state index contributed by atoms with van der Waals surface area (Å²) >= 11 is 0. The lowest BCUT2D eigenvalue weighted by molar-refractivity contribution is -0.127. The number of ether oxygens (including phenoxy) is 2. The summed E-state index contributed by atoms with van der Waals surface area (Å²) < 4.78 is 16.7. The fourth-order valence-corrected chi connectivity index (χ4v) is 2.93. The molecular weight excluding hydrogens is 320 g/mol. The molecule has 1 aromatic carbocycles. The van der Waals surface area contributed by atoms with Gasteiger partial charge < -0.3 is 19.3 Å². The highest BCUT2D eigenvalue weighted by atomic mass is 16.5. The summed E-state index contributed by atoms with van der Waals surface area (Å²) in [5, 5.41) is 6.82. The van der Waals surface area contributed by atoms with Crippen molar-refractivity contribution in [2.45, 2.75) is 45.6 Å². The maximum Gasteiger partial charge on any atom is 0.261 e. The van der Waals surface area contributed by atoms with E-state index in [1.165, 1.54) is 0 Å². The van der Waals surface area contributed by atoms with Gasteiger partial charge in [0.1, 0.15) is 17.3 Å². The van der Waals surface area contributed by atoms with Gasteiger partial charge in [-0.25, -0.2) is 0 Å². The van der Waals surface area contributed by atoms with Crippen molar-refractivity contribution in [2.24, 2.45) is 0 Å². The number of hydrogen-bond donors (Lipinski definition) is 1. The zero-order valence-corrected chi connectivity index (χ0v) is 14.7. The molecule has 1 aliphatic heterocycles. The summed E-state index contributed by atoms with van der Waals surface area (Å²) in [5.74, 6) is 2.26. The fourth-order valence-electron chi connectivity index (χ4n) is 2.93. The van der Waals surface area contributed by atoms with Crippen LogP contribution in [0.5, 0.6) is 11.5 Å². The van der Waals surface area contributed by atoms with E-state index in [2.05, 4.69) is 10.5 Å². The van der Waals surface area contributed by atoms with Gasteiger partial charge in [0.25, 0.3) is 5.91 Å². The molecular formula is C19H24N2O4. The first-order valence-corrected chi connectivity index (χ1v) is 8.72. The van der Waals surface area contributed by atoms with Crippen LogP contribution >= 0.6 is 0 Å². The number of nitrogens with zero attached hydrogens (tertiary/aromatic N) is 1. The number of aromatic nitrogens is 1. The molecule has 25 heavy (non-hydrogen) atoms. The van der Waals surface area contributed by atoms with Gasteiger partial charge in [-0.2, -0.15) is 0 Å². The number of benzene rings is 1. The SMILES string of the molecule is Cc1noc(C)c1CCOc1ccc(O[C@@H]2CCCCNC2=O)cc1. The first-order chi connectivity index (χ1) is 12.1. The molecule has 0 bridgehead atoms. The molecule has 0 spiro atoms. The minimum atomic E-state index is -0.409. The molecule has 0 unspecified atom stereocenters. The van der Waals surface area contributed by atoms with E-state index in [4.69, 9.17) is 14.0 Å². The molecule has 1 saturated heterocycles. The van der Waals surface area contributed by atoms with E-state index < -0.39 is 6.10 Å². The summed E-state index contributed by atoms with van der Waals surface area (Å²) in [6.07, 6.45) is 3.09. The van der Waals surface area contributed by atoms with E-state index in [0.717, 1.165) is 55.0 Å². The zero-order chi connectivity index (χ0) is 17.6. The molecule has 2 aromatic rings. The Morgan fingerprint density at radius 3 is 2.68 bits per heavy atom.